The van der Waals surface area contributed by atoms with Crippen molar-refractivity contribution in [1.29, 1.82) is 5.26 Å². The van der Waals surface area contributed by atoms with E-state index in [9.17, 15) is 14.9 Å². The zero-order valence-corrected chi connectivity index (χ0v) is 16.9. The molecule has 1 saturated heterocycles. The second-order valence-corrected chi connectivity index (χ2v) is 9.58. The molecule has 27 heavy (non-hydrogen) atoms. The van der Waals surface area contributed by atoms with E-state index in [2.05, 4.69) is 30.1 Å². The molecule has 0 aromatic carbocycles. The number of ketones is 1. The van der Waals surface area contributed by atoms with Gasteiger partial charge in [-0.25, -0.2) is 0 Å². The van der Waals surface area contributed by atoms with Crippen LogP contribution in [0.1, 0.15) is 78.1 Å². The van der Waals surface area contributed by atoms with E-state index in [0.29, 0.717) is 38.3 Å². The van der Waals surface area contributed by atoms with Crippen molar-refractivity contribution in [3.8, 4) is 6.07 Å². The summed E-state index contributed by atoms with van der Waals surface area (Å²) in [6.07, 6.45) is 11.6. The van der Waals surface area contributed by atoms with Crippen LogP contribution in [-0.2, 0) is 9.59 Å². The number of nitrogens with zero attached hydrogens (tertiary/aromatic N) is 2. The molecule has 1 aliphatic heterocycles. The highest BCUT2D eigenvalue weighted by Crippen LogP contribution is 2.37. The van der Waals surface area contributed by atoms with E-state index in [-0.39, 0.29) is 17.1 Å². The minimum atomic E-state index is -0.824. The lowest BCUT2D eigenvalue weighted by molar-refractivity contribution is -0.122. The summed E-state index contributed by atoms with van der Waals surface area (Å²) in [6, 6.07) is 2.36. The summed E-state index contributed by atoms with van der Waals surface area (Å²) >= 11 is 0. The second-order valence-electron chi connectivity index (χ2n) is 9.58. The van der Waals surface area contributed by atoms with Gasteiger partial charge in [0.25, 0.3) is 0 Å². The topological polar surface area (TPSA) is 73.2 Å². The van der Waals surface area contributed by atoms with Crippen LogP contribution in [0.4, 0.5) is 0 Å². The first kappa shape index (κ1) is 19.9. The number of carbonyl (C=O) groups excluding carboxylic acids is 2. The van der Waals surface area contributed by atoms with Gasteiger partial charge in [-0.3, -0.25) is 9.59 Å². The zero-order valence-electron chi connectivity index (χ0n) is 16.9. The van der Waals surface area contributed by atoms with Crippen molar-refractivity contribution in [3.05, 3.63) is 11.8 Å². The molecule has 1 N–H and O–H groups in total. The number of nitriles is 1. The van der Waals surface area contributed by atoms with Crippen LogP contribution in [0.5, 0.6) is 0 Å². The predicted molar refractivity (Wildman–Crippen MR) is 105 cm³/mol. The molecule has 5 heteroatoms. The van der Waals surface area contributed by atoms with Gasteiger partial charge >= 0.3 is 0 Å². The lowest BCUT2D eigenvalue weighted by Gasteiger charge is -2.34. The first-order chi connectivity index (χ1) is 12.8. The van der Waals surface area contributed by atoms with Crippen LogP contribution < -0.4 is 5.32 Å². The average molecular weight is 372 g/mol. The molecule has 148 valence electrons. The molecule has 1 atom stereocenters. The monoisotopic (exact) mass is 371 g/mol. The maximum Gasteiger partial charge on any atom is 0.221 e. The van der Waals surface area contributed by atoms with Gasteiger partial charge in [-0.2, -0.15) is 5.26 Å². The average Bonchev–Trinajstić information content (AvgIpc) is 3.04. The quantitative estimate of drug-likeness (QED) is 0.800. The highest BCUT2D eigenvalue weighted by molar-refractivity contribution is 5.91. The van der Waals surface area contributed by atoms with Crippen LogP contribution in [0.3, 0.4) is 0 Å². The summed E-state index contributed by atoms with van der Waals surface area (Å²) in [5.74, 6) is 0.827. The molecule has 3 aliphatic rings. The van der Waals surface area contributed by atoms with Gasteiger partial charge in [-0.05, 0) is 24.2 Å². The molecule has 0 spiro atoms. The highest BCUT2D eigenvalue weighted by Gasteiger charge is 2.42. The number of allylic oxidation sites excluding steroid dienone is 2. The van der Waals surface area contributed by atoms with E-state index in [0.717, 1.165) is 18.5 Å². The van der Waals surface area contributed by atoms with E-state index in [1.54, 1.807) is 6.08 Å². The number of carbonyl (C=O) groups is 2. The summed E-state index contributed by atoms with van der Waals surface area (Å²) in [5, 5.41) is 12.8. The Morgan fingerprint density at radius 2 is 2.04 bits per heavy atom. The van der Waals surface area contributed by atoms with E-state index >= 15 is 0 Å². The lowest BCUT2D eigenvalue weighted by atomic mass is 9.78. The zero-order chi connectivity index (χ0) is 19.5. The van der Waals surface area contributed by atoms with Crippen molar-refractivity contribution in [2.24, 2.45) is 11.3 Å². The van der Waals surface area contributed by atoms with E-state index in [4.69, 9.17) is 0 Å². The molecular formula is C22H33N3O2. The van der Waals surface area contributed by atoms with Crippen LogP contribution in [0.2, 0.25) is 0 Å². The first-order valence-electron chi connectivity index (χ1n) is 10.5. The number of rotatable bonds is 5. The molecule has 1 heterocycles. The second kappa shape index (κ2) is 8.04. The van der Waals surface area contributed by atoms with E-state index in [1.807, 2.05) is 0 Å². The highest BCUT2D eigenvalue weighted by atomic mass is 16.1. The Kier molecular flexibility index (Phi) is 5.93. The standard InChI is InChI=1S/C22H33N3O2/c1-21(2)13-18(12-19(26)14-21)25-11-10-22(15-23,16-25)24-20(27)9-8-17-6-4-3-5-7-17/h12,17H,3-11,13-14,16H2,1-2H3,(H,24,27). The minimum absolute atomic E-state index is 0.00185. The van der Waals surface area contributed by atoms with Crippen LogP contribution >= 0.6 is 0 Å². The SMILES string of the molecule is CC1(C)CC(=O)C=C(N2CCC(C#N)(NC(=O)CCC3CCCCC3)C2)C1. The van der Waals surface area contributed by atoms with Crippen molar-refractivity contribution >= 4 is 11.7 Å². The fourth-order valence-electron chi connectivity index (χ4n) is 4.93. The maximum atomic E-state index is 12.5. The number of hydrogen-bond acceptors (Lipinski definition) is 4. The summed E-state index contributed by atoms with van der Waals surface area (Å²) in [4.78, 5) is 26.7. The van der Waals surface area contributed by atoms with Gasteiger partial charge in [0.15, 0.2) is 5.78 Å². The maximum absolute atomic E-state index is 12.5. The van der Waals surface area contributed by atoms with Gasteiger partial charge in [0.1, 0.15) is 5.54 Å². The Labute approximate surface area is 163 Å². The Balaban J connectivity index is 1.56. The van der Waals surface area contributed by atoms with Crippen molar-refractivity contribution in [3.63, 3.8) is 0 Å². The van der Waals surface area contributed by atoms with Crippen LogP contribution in [0.25, 0.3) is 0 Å². The Hall–Kier alpha value is -1.83. The van der Waals surface area contributed by atoms with E-state index in [1.165, 1.54) is 32.1 Å². The summed E-state index contributed by atoms with van der Waals surface area (Å²) in [5.41, 5.74) is 0.155. The molecular weight excluding hydrogens is 338 g/mol. The van der Waals surface area contributed by atoms with Gasteiger partial charge in [0.2, 0.25) is 5.91 Å². The molecule has 1 saturated carbocycles. The van der Waals surface area contributed by atoms with Crippen LogP contribution in [-0.4, -0.2) is 35.2 Å². The van der Waals surface area contributed by atoms with Crippen molar-refractivity contribution in [2.75, 3.05) is 13.1 Å². The van der Waals surface area contributed by atoms with Crippen molar-refractivity contribution < 1.29 is 9.59 Å². The number of amides is 1. The normalized spacial score (nSPS) is 28.6. The van der Waals surface area contributed by atoms with Crippen molar-refractivity contribution in [1.82, 2.24) is 10.2 Å². The Bertz CT molecular complexity index is 655. The predicted octanol–water partition coefficient (Wildman–Crippen LogP) is 3.70. The first-order valence-corrected chi connectivity index (χ1v) is 10.5. The molecule has 0 radical (unpaired) electrons. The molecule has 5 nitrogen and oxygen atoms in total. The minimum Gasteiger partial charge on any atom is -0.371 e. The van der Waals surface area contributed by atoms with Gasteiger partial charge < -0.3 is 10.2 Å². The van der Waals surface area contributed by atoms with Gasteiger partial charge in [0.05, 0.1) is 12.6 Å². The Morgan fingerprint density at radius 3 is 2.70 bits per heavy atom. The third kappa shape index (κ3) is 5.12. The number of nitrogens with one attached hydrogen (secondary N) is 1. The molecule has 1 amide bonds. The van der Waals surface area contributed by atoms with Gasteiger partial charge in [-0.15, -0.1) is 0 Å². The summed E-state index contributed by atoms with van der Waals surface area (Å²) in [6.45, 7) is 5.41. The van der Waals surface area contributed by atoms with E-state index < -0.39 is 5.54 Å². The fraction of sp³-hybridized carbons (Fsp3) is 0.773. The molecule has 0 aromatic rings. The summed E-state index contributed by atoms with van der Waals surface area (Å²) < 4.78 is 0. The summed E-state index contributed by atoms with van der Waals surface area (Å²) in [7, 11) is 0. The lowest BCUT2D eigenvalue weighted by Crippen LogP contribution is -2.49. The number of hydrogen-bond donors (Lipinski definition) is 1. The Morgan fingerprint density at radius 1 is 1.30 bits per heavy atom. The molecule has 2 aliphatic carbocycles. The molecule has 0 bridgehead atoms. The van der Waals surface area contributed by atoms with Crippen LogP contribution in [0.15, 0.2) is 11.8 Å². The molecule has 3 rings (SSSR count). The third-order valence-electron chi connectivity index (χ3n) is 6.41. The smallest absolute Gasteiger partial charge is 0.221 e. The largest absolute Gasteiger partial charge is 0.371 e. The van der Waals surface area contributed by atoms with Crippen LogP contribution in [0, 0.1) is 22.7 Å². The van der Waals surface area contributed by atoms with Gasteiger partial charge in [0, 0.05) is 37.6 Å². The number of likely N-dealkylation sites (tertiary alicyclic amines) is 1. The third-order valence-corrected chi connectivity index (χ3v) is 6.41. The fourth-order valence-corrected chi connectivity index (χ4v) is 4.93. The molecule has 0 aromatic heterocycles. The van der Waals surface area contributed by atoms with Crippen molar-refractivity contribution in [2.45, 2.75) is 83.6 Å². The molecule has 1 unspecified atom stereocenters. The van der Waals surface area contributed by atoms with Gasteiger partial charge in [-0.1, -0.05) is 46.0 Å². The molecule has 2 fully saturated rings.